The maximum Gasteiger partial charge on any atom is 0.176 e. The van der Waals surface area contributed by atoms with Crippen molar-refractivity contribution in [2.45, 2.75) is 25.8 Å². The fourth-order valence-electron chi connectivity index (χ4n) is 2.06. The summed E-state index contributed by atoms with van der Waals surface area (Å²) in [6.07, 6.45) is 2.53. The highest BCUT2D eigenvalue weighted by molar-refractivity contribution is 5.97. The summed E-state index contributed by atoms with van der Waals surface area (Å²) < 4.78 is 13.0. The molecule has 1 aliphatic rings. The molecule has 2 nitrogen and oxygen atoms in total. The normalized spacial score (nSPS) is 17.2. The Bertz CT molecular complexity index is 414. The van der Waals surface area contributed by atoms with Gasteiger partial charge >= 0.3 is 0 Å². The first-order chi connectivity index (χ1) is 8.08. The fourth-order valence-corrected chi connectivity index (χ4v) is 2.06. The molecule has 0 amide bonds. The molecule has 3 heteroatoms. The van der Waals surface area contributed by atoms with Crippen LogP contribution in [-0.2, 0) is 0 Å². The second-order valence-corrected chi connectivity index (χ2v) is 4.93. The number of benzene rings is 1. The van der Waals surface area contributed by atoms with E-state index in [2.05, 4.69) is 11.8 Å². The number of likely N-dealkylation sites (N-methyl/N-ethyl adjacent to an activating group) is 1. The van der Waals surface area contributed by atoms with E-state index >= 15 is 0 Å². The number of Topliss-reactive ketones (excluding diaryl/α,β-unsaturated/α-hetero) is 1. The molecule has 0 aromatic heterocycles. The van der Waals surface area contributed by atoms with Crippen LogP contribution in [0.4, 0.5) is 4.39 Å². The topological polar surface area (TPSA) is 20.3 Å². The molecule has 0 radical (unpaired) electrons. The minimum atomic E-state index is -0.353. The van der Waals surface area contributed by atoms with Gasteiger partial charge in [0.2, 0.25) is 0 Å². The standard InChI is InChI=1S/C14H18FNO/c1-10(11-6-7-11)16(2)9-14(17)12-4-3-5-13(15)8-12/h3-5,8,10-11H,6-7,9H2,1-2H3. The summed E-state index contributed by atoms with van der Waals surface area (Å²) in [6.45, 7) is 2.51. The Balaban J connectivity index is 1.96. The number of hydrogen-bond donors (Lipinski definition) is 0. The zero-order chi connectivity index (χ0) is 12.4. The number of halogens is 1. The zero-order valence-corrected chi connectivity index (χ0v) is 10.3. The van der Waals surface area contributed by atoms with Crippen molar-refractivity contribution in [3.63, 3.8) is 0 Å². The molecule has 0 bridgehead atoms. The number of nitrogens with zero attached hydrogens (tertiary/aromatic N) is 1. The summed E-state index contributed by atoms with van der Waals surface area (Å²) in [6, 6.07) is 6.34. The van der Waals surface area contributed by atoms with Gasteiger partial charge in [-0.3, -0.25) is 9.69 Å². The number of ketones is 1. The van der Waals surface area contributed by atoms with Gasteiger partial charge in [-0.2, -0.15) is 0 Å². The third-order valence-electron chi connectivity index (χ3n) is 3.54. The molecule has 1 atom stereocenters. The average Bonchev–Trinajstić information content (AvgIpc) is 3.11. The van der Waals surface area contributed by atoms with Gasteiger partial charge in [0.05, 0.1) is 6.54 Å². The number of hydrogen-bond acceptors (Lipinski definition) is 2. The number of carbonyl (C=O) groups is 1. The number of carbonyl (C=O) groups excluding carboxylic acids is 1. The summed E-state index contributed by atoms with van der Waals surface area (Å²) in [5.74, 6) is 0.369. The van der Waals surface area contributed by atoms with Crippen LogP contribution >= 0.6 is 0 Å². The summed E-state index contributed by atoms with van der Waals surface area (Å²) in [5.41, 5.74) is 0.458. The first kappa shape index (κ1) is 12.2. The molecule has 92 valence electrons. The van der Waals surface area contributed by atoms with Crippen LogP contribution < -0.4 is 0 Å². The van der Waals surface area contributed by atoms with E-state index in [1.807, 2.05) is 7.05 Å². The monoisotopic (exact) mass is 235 g/mol. The third-order valence-corrected chi connectivity index (χ3v) is 3.54. The quantitative estimate of drug-likeness (QED) is 0.731. The molecule has 0 spiro atoms. The Morgan fingerprint density at radius 3 is 2.82 bits per heavy atom. The predicted octanol–water partition coefficient (Wildman–Crippen LogP) is 2.74. The van der Waals surface area contributed by atoms with Crippen molar-refractivity contribution in [2.24, 2.45) is 5.92 Å². The molecule has 0 saturated heterocycles. The molecule has 1 aromatic carbocycles. The highest BCUT2D eigenvalue weighted by Gasteiger charge is 2.31. The summed E-state index contributed by atoms with van der Waals surface area (Å²) in [5, 5.41) is 0. The zero-order valence-electron chi connectivity index (χ0n) is 10.3. The third kappa shape index (κ3) is 3.13. The molecule has 1 aliphatic carbocycles. The second kappa shape index (κ2) is 4.96. The van der Waals surface area contributed by atoms with Crippen LogP contribution in [0.15, 0.2) is 24.3 Å². The largest absolute Gasteiger partial charge is 0.296 e. The maximum atomic E-state index is 13.0. The smallest absolute Gasteiger partial charge is 0.176 e. The van der Waals surface area contributed by atoms with Crippen molar-refractivity contribution in [1.82, 2.24) is 4.90 Å². The molecular weight excluding hydrogens is 217 g/mol. The number of rotatable bonds is 5. The van der Waals surface area contributed by atoms with Crippen LogP contribution in [-0.4, -0.2) is 30.3 Å². The van der Waals surface area contributed by atoms with E-state index < -0.39 is 0 Å². The highest BCUT2D eigenvalue weighted by atomic mass is 19.1. The Morgan fingerprint density at radius 1 is 1.53 bits per heavy atom. The van der Waals surface area contributed by atoms with Crippen LogP contribution in [0, 0.1) is 11.7 Å². The van der Waals surface area contributed by atoms with Gasteiger partial charge in [0.1, 0.15) is 5.82 Å². The Hall–Kier alpha value is -1.22. The average molecular weight is 235 g/mol. The van der Waals surface area contributed by atoms with Crippen molar-refractivity contribution in [2.75, 3.05) is 13.6 Å². The van der Waals surface area contributed by atoms with Crippen molar-refractivity contribution < 1.29 is 9.18 Å². The lowest BCUT2D eigenvalue weighted by Gasteiger charge is -2.23. The second-order valence-electron chi connectivity index (χ2n) is 4.93. The summed E-state index contributed by atoms with van der Waals surface area (Å²) in [4.78, 5) is 14.0. The summed E-state index contributed by atoms with van der Waals surface area (Å²) in [7, 11) is 1.96. The van der Waals surface area contributed by atoms with Crippen molar-refractivity contribution in [3.8, 4) is 0 Å². The maximum absolute atomic E-state index is 13.0. The molecular formula is C14H18FNO. The SMILES string of the molecule is CC(C1CC1)N(C)CC(=O)c1cccc(F)c1. The van der Waals surface area contributed by atoms with E-state index in [0.717, 1.165) is 5.92 Å². The van der Waals surface area contributed by atoms with Gasteiger partial charge in [0, 0.05) is 11.6 Å². The molecule has 0 N–H and O–H groups in total. The highest BCUT2D eigenvalue weighted by Crippen LogP contribution is 2.34. The fraction of sp³-hybridized carbons (Fsp3) is 0.500. The molecule has 1 saturated carbocycles. The molecule has 0 heterocycles. The molecule has 0 aliphatic heterocycles. The van der Waals surface area contributed by atoms with Crippen LogP contribution in [0.3, 0.4) is 0 Å². The minimum absolute atomic E-state index is 0.0144. The first-order valence-electron chi connectivity index (χ1n) is 6.07. The van der Waals surface area contributed by atoms with Gasteiger partial charge in [-0.15, -0.1) is 0 Å². The van der Waals surface area contributed by atoms with Crippen molar-refractivity contribution in [3.05, 3.63) is 35.6 Å². The van der Waals surface area contributed by atoms with Gasteiger partial charge in [0.15, 0.2) is 5.78 Å². The lowest BCUT2D eigenvalue weighted by Crippen LogP contribution is -2.35. The van der Waals surface area contributed by atoms with Gasteiger partial charge in [-0.05, 0) is 44.9 Å². The minimum Gasteiger partial charge on any atom is -0.296 e. The van der Waals surface area contributed by atoms with E-state index in [-0.39, 0.29) is 11.6 Å². The Morgan fingerprint density at radius 2 is 2.24 bits per heavy atom. The van der Waals surface area contributed by atoms with Crippen LogP contribution in [0.5, 0.6) is 0 Å². The van der Waals surface area contributed by atoms with Crippen molar-refractivity contribution >= 4 is 5.78 Å². The molecule has 2 rings (SSSR count). The lowest BCUT2D eigenvalue weighted by atomic mass is 10.1. The Labute approximate surface area is 101 Å². The molecule has 17 heavy (non-hydrogen) atoms. The van der Waals surface area contributed by atoms with Gasteiger partial charge in [-0.25, -0.2) is 4.39 Å². The lowest BCUT2D eigenvalue weighted by molar-refractivity contribution is 0.0916. The summed E-state index contributed by atoms with van der Waals surface area (Å²) >= 11 is 0. The molecule has 1 unspecified atom stereocenters. The molecule has 1 aromatic rings. The van der Waals surface area contributed by atoms with E-state index in [1.54, 1.807) is 12.1 Å². The van der Waals surface area contributed by atoms with Gasteiger partial charge in [0.25, 0.3) is 0 Å². The van der Waals surface area contributed by atoms with Crippen LogP contribution in [0.25, 0.3) is 0 Å². The van der Waals surface area contributed by atoms with E-state index in [9.17, 15) is 9.18 Å². The van der Waals surface area contributed by atoms with Gasteiger partial charge < -0.3 is 0 Å². The van der Waals surface area contributed by atoms with E-state index in [1.165, 1.54) is 25.0 Å². The Kier molecular flexibility index (Phi) is 3.57. The van der Waals surface area contributed by atoms with Gasteiger partial charge in [-0.1, -0.05) is 12.1 Å². The molecule has 1 fully saturated rings. The van der Waals surface area contributed by atoms with Crippen LogP contribution in [0.2, 0.25) is 0 Å². The van der Waals surface area contributed by atoms with Crippen LogP contribution in [0.1, 0.15) is 30.1 Å². The predicted molar refractivity (Wildman–Crippen MR) is 65.5 cm³/mol. The van der Waals surface area contributed by atoms with E-state index in [0.29, 0.717) is 18.2 Å². The van der Waals surface area contributed by atoms with E-state index in [4.69, 9.17) is 0 Å². The van der Waals surface area contributed by atoms with Crippen molar-refractivity contribution in [1.29, 1.82) is 0 Å². The first-order valence-corrected chi connectivity index (χ1v) is 6.07.